The van der Waals surface area contributed by atoms with Crippen LogP contribution in [0.5, 0.6) is 0 Å². The van der Waals surface area contributed by atoms with Crippen LogP contribution in [0.3, 0.4) is 0 Å². The molecule has 0 aromatic heterocycles. The van der Waals surface area contributed by atoms with Crippen molar-refractivity contribution in [2.75, 3.05) is 18.6 Å². The summed E-state index contributed by atoms with van der Waals surface area (Å²) in [5.74, 6) is 2.74. The molecule has 2 N–H and O–H groups in total. The van der Waals surface area contributed by atoms with Crippen molar-refractivity contribution >= 4 is 17.7 Å². The van der Waals surface area contributed by atoms with Gasteiger partial charge in [-0.3, -0.25) is 4.79 Å². The number of hydrogen-bond acceptors (Lipinski definition) is 3. The largest absolute Gasteiger partial charge is 0.396 e. The molecule has 0 radical (unpaired) electrons. The van der Waals surface area contributed by atoms with Crippen LogP contribution in [0.4, 0.5) is 0 Å². The first-order valence-electron chi connectivity index (χ1n) is 6.66. The Morgan fingerprint density at radius 1 is 1.35 bits per heavy atom. The smallest absolute Gasteiger partial charge is 0.223 e. The van der Waals surface area contributed by atoms with Gasteiger partial charge in [-0.1, -0.05) is 0 Å². The van der Waals surface area contributed by atoms with Gasteiger partial charge in [-0.2, -0.15) is 11.8 Å². The van der Waals surface area contributed by atoms with Crippen LogP contribution in [0.2, 0.25) is 0 Å². The number of thioether (sulfide) groups is 1. The summed E-state index contributed by atoms with van der Waals surface area (Å²) in [5.41, 5.74) is 0. The summed E-state index contributed by atoms with van der Waals surface area (Å²) in [6, 6.07) is 0.141. The summed E-state index contributed by atoms with van der Waals surface area (Å²) in [6.45, 7) is 0.156. The molecule has 0 aliphatic heterocycles. The van der Waals surface area contributed by atoms with Gasteiger partial charge >= 0.3 is 0 Å². The molecule has 0 aromatic rings. The molecule has 2 saturated carbocycles. The minimum Gasteiger partial charge on any atom is -0.396 e. The van der Waals surface area contributed by atoms with E-state index in [0.29, 0.717) is 18.3 Å². The molecule has 98 valence electrons. The maximum atomic E-state index is 12.3. The van der Waals surface area contributed by atoms with E-state index in [1.54, 1.807) is 11.8 Å². The van der Waals surface area contributed by atoms with Gasteiger partial charge in [0.15, 0.2) is 0 Å². The predicted molar refractivity (Wildman–Crippen MR) is 71.0 cm³/mol. The molecule has 2 aliphatic rings. The summed E-state index contributed by atoms with van der Waals surface area (Å²) < 4.78 is 0. The normalized spacial score (nSPS) is 21.6. The molecule has 4 heteroatoms. The van der Waals surface area contributed by atoms with Crippen LogP contribution in [0.15, 0.2) is 0 Å². The lowest BCUT2D eigenvalue weighted by Gasteiger charge is -2.21. The lowest BCUT2D eigenvalue weighted by atomic mass is 9.96. The molecule has 0 heterocycles. The number of amides is 1. The van der Waals surface area contributed by atoms with Crippen LogP contribution in [0.25, 0.3) is 0 Å². The Hall–Kier alpha value is -0.220. The van der Waals surface area contributed by atoms with E-state index >= 15 is 0 Å². The zero-order valence-electron chi connectivity index (χ0n) is 10.5. The van der Waals surface area contributed by atoms with Crippen molar-refractivity contribution in [3.63, 3.8) is 0 Å². The van der Waals surface area contributed by atoms with Gasteiger partial charge in [-0.05, 0) is 50.2 Å². The molecule has 3 nitrogen and oxygen atoms in total. The molecule has 2 rings (SSSR count). The van der Waals surface area contributed by atoms with E-state index in [9.17, 15) is 4.79 Å². The third-order valence-electron chi connectivity index (χ3n) is 3.75. The van der Waals surface area contributed by atoms with Gasteiger partial charge in [-0.25, -0.2) is 0 Å². The minimum absolute atomic E-state index is 0.141. The van der Waals surface area contributed by atoms with Gasteiger partial charge in [-0.15, -0.1) is 0 Å². The van der Waals surface area contributed by atoms with E-state index in [0.717, 1.165) is 5.75 Å². The average Bonchev–Trinajstić information content (AvgIpc) is 3.12. The van der Waals surface area contributed by atoms with Crippen molar-refractivity contribution < 1.29 is 9.90 Å². The summed E-state index contributed by atoms with van der Waals surface area (Å²) >= 11 is 1.73. The molecule has 1 unspecified atom stereocenters. The standard InChI is InChI=1S/C13H23NO2S/c1-17-8-11(6-7-15)14-13(16)12(9-2-3-9)10-4-5-10/h9-12,15H,2-8H2,1H3,(H,14,16). The van der Waals surface area contributed by atoms with Crippen molar-refractivity contribution in [1.82, 2.24) is 5.32 Å². The van der Waals surface area contributed by atoms with Gasteiger partial charge in [0.1, 0.15) is 0 Å². The van der Waals surface area contributed by atoms with Crippen LogP contribution in [0, 0.1) is 17.8 Å². The second-order valence-corrected chi connectivity index (χ2v) is 6.28. The van der Waals surface area contributed by atoms with Gasteiger partial charge < -0.3 is 10.4 Å². The van der Waals surface area contributed by atoms with Crippen molar-refractivity contribution in [2.24, 2.45) is 17.8 Å². The maximum Gasteiger partial charge on any atom is 0.223 e. The zero-order valence-corrected chi connectivity index (χ0v) is 11.3. The van der Waals surface area contributed by atoms with E-state index in [1.165, 1.54) is 25.7 Å². The molecular formula is C13H23NO2S. The number of aliphatic hydroxyl groups excluding tert-OH is 1. The lowest BCUT2D eigenvalue weighted by molar-refractivity contribution is -0.127. The molecule has 0 aromatic carbocycles. The first kappa shape index (κ1) is 13.2. The Kier molecular flexibility index (Phi) is 4.74. The van der Waals surface area contributed by atoms with Crippen molar-refractivity contribution in [1.29, 1.82) is 0 Å². The third kappa shape index (κ3) is 3.88. The number of nitrogens with one attached hydrogen (secondary N) is 1. The van der Waals surface area contributed by atoms with Crippen LogP contribution < -0.4 is 5.32 Å². The second kappa shape index (κ2) is 6.10. The van der Waals surface area contributed by atoms with Gasteiger partial charge in [0, 0.05) is 24.3 Å². The Balaban J connectivity index is 1.83. The van der Waals surface area contributed by atoms with E-state index in [2.05, 4.69) is 5.32 Å². The number of aliphatic hydroxyl groups is 1. The molecule has 1 amide bonds. The highest BCUT2D eigenvalue weighted by Crippen LogP contribution is 2.49. The highest BCUT2D eigenvalue weighted by atomic mass is 32.2. The van der Waals surface area contributed by atoms with Crippen LogP contribution in [0.1, 0.15) is 32.1 Å². The van der Waals surface area contributed by atoms with Crippen LogP contribution in [-0.2, 0) is 4.79 Å². The molecule has 0 bridgehead atoms. The zero-order chi connectivity index (χ0) is 12.3. The fraction of sp³-hybridized carbons (Fsp3) is 0.923. The van der Waals surface area contributed by atoms with Crippen LogP contribution in [-0.4, -0.2) is 35.7 Å². The summed E-state index contributed by atoms with van der Waals surface area (Å²) in [6.07, 6.45) is 7.66. The Morgan fingerprint density at radius 3 is 2.35 bits per heavy atom. The average molecular weight is 257 g/mol. The van der Waals surface area contributed by atoms with Crippen molar-refractivity contribution in [2.45, 2.75) is 38.1 Å². The molecule has 2 aliphatic carbocycles. The molecule has 0 saturated heterocycles. The highest BCUT2D eigenvalue weighted by Gasteiger charge is 2.45. The predicted octanol–water partition coefficient (Wildman–Crippen LogP) is 1.65. The molecule has 17 heavy (non-hydrogen) atoms. The SMILES string of the molecule is CSCC(CCO)NC(=O)C(C1CC1)C1CC1. The van der Waals surface area contributed by atoms with E-state index < -0.39 is 0 Å². The highest BCUT2D eigenvalue weighted by molar-refractivity contribution is 7.98. The lowest BCUT2D eigenvalue weighted by Crippen LogP contribution is -2.42. The molecule has 0 spiro atoms. The van der Waals surface area contributed by atoms with Crippen molar-refractivity contribution in [3.8, 4) is 0 Å². The summed E-state index contributed by atoms with van der Waals surface area (Å²) in [5, 5.41) is 12.1. The number of carbonyl (C=O) groups is 1. The van der Waals surface area contributed by atoms with Gasteiger partial charge in [0.05, 0.1) is 0 Å². The fourth-order valence-electron chi connectivity index (χ4n) is 2.58. The monoisotopic (exact) mass is 257 g/mol. The van der Waals surface area contributed by atoms with E-state index in [4.69, 9.17) is 5.11 Å². The number of rotatable bonds is 8. The molecular weight excluding hydrogens is 234 g/mol. The summed E-state index contributed by atoms with van der Waals surface area (Å²) in [4.78, 5) is 12.3. The maximum absolute atomic E-state index is 12.3. The number of hydrogen-bond donors (Lipinski definition) is 2. The quantitative estimate of drug-likeness (QED) is 0.695. The van der Waals surface area contributed by atoms with Crippen molar-refractivity contribution in [3.05, 3.63) is 0 Å². The second-order valence-electron chi connectivity index (χ2n) is 5.37. The Bertz CT molecular complexity index is 246. The Morgan fingerprint density at radius 2 is 1.94 bits per heavy atom. The first-order chi connectivity index (χ1) is 8.26. The van der Waals surface area contributed by atoms with E-state index in [1.807, 2.05) is 6.26 Å². The minimum atomic E-state index is 0.141. The molecule has 2 fully saturated rings. The third-order valence-corrected chi connectivity index (χ3v) is 4.49. The first-order valence-corrected chi connectivity index (χ1v) is 8.05. The fourth-order valence-corrected chi connectivity index (χ4v) is 3.23. The van der Waals surface area contributed by atoms with Gasteiger partial charge in [0.25, 0.3) is 0 Å². The van der Waals surface area contributed by atoms with Gasteiger partial charge in [0.2, 0.25) is 5.91 Å². The van der Waals surface area contributed by atoms with Crippen LogP contribution >= 0.6 is 11.8 Å². The number of carbonyl (C=O) groups excluding carboxylic acids is 1. The van der Waals surface area contributed by atoms with E-state index in [-0.39, 0.29) is 24.5 Å². The topological polar surface area (TPSA) is 49.3 Å². The molecule has 1 atom stereocenters. The Labute approximate surface area is 108 Å². The summed E-state index contributed by atoms with van der Waals surface area (Å²) in [7, 11) is 0.